The zero-order chi connectivity index (χ0) is 20.7. The largest absolute Gasteiger partial charge is 0.434 e. The van der Waals surface area contributed by atoms with Gasteiger partial charge in [-0.1, -0.05) is 6.42 Å². The van der Waals surface area contributed by atoms with Gasteiger partial charge in [0.2, 0.25) is 0 Å². The lowest BCUT2D eigenvalue weighted by atomic mass is 9.81. The number of fused-ring (bicyclic) bond motifs is 1. The highest BCUT2D eigenvalue weighted by Gasteiger charge is 2.34. The van der Waals surface area contributed by atoms with E-state index < -0.39 is 11.9 Å². The number of aromatic amines is 1. The Hall–Kier alpha value is -1.93. The highest BCUT2D eigenvalue weighted by atomic mass is 32.1. The van der Waals surface area contributed by atoms with Crippen LogP contribution in [0.1, 0.15) is 62.1 Å². The third kappa shape index (κ3) is 3.87. The number of likely N-dealkylation sites (tertiary alicyclic amines) is 1. The van der Waals surface area contributed by atoms with Crippen molar-refractivity contribution in [3.05, 3.63) is 35.1 Å². The SMILES string of the molecule is FC(F)(F)c1csc(-c2c[nH]c3ncc(C4CCC(N5CCCCC5)CC4)cc23)n1. The molecule has 1 aliphatic carbocycles. The van der Waals surface area contributed by atoms with Crippen LogP contribution >= 0.6 is 11.3 Å². The molecule has 0 radical (unpaired) electrons. The van der Waals surface area contributed by atoms with Gasteiger partial charge in [0.05, 0.1) is 0 Å². The van der Waals surface area contributed by atoms with Crippen molar-refractivity contribution < 1.29 is 13.2 Å². The third-order valence-corrected chi connectivity index (χ3v) is 7.53. The number of halogens is 3. The van der Waals surface area contributed by atoms with E-state index >= 15 is 0 Å². The van der Waals surface area contributed by atoms with Gasteiger partial charge in [-0.3, -0.25) is 0 Å². The first kappa shape index (κ1) is 20.0. The summed E-state index contributed by atoms with van der Waals surface area (Å²) in [4.78, 5) is 14.1. The van der Waals surface area contributed by atoms with Gasteiger partial charge in [0, 0.05) is 34.8 Å². The van der Waals surface area contributed by atoms with Crippen LogP contribution in [0, 0.1) is 0 Å². The smallest absolute Gasteiger partial charge is 0.345 e. The van der Waals surface area contributed by atoms with Gasteiger partial charge in [-0.05, 0) is 69.2 Å². The summed E-state index contributed by atoms with van der Waals surface area (Å²) in [6.07, 6.45) is 7.94. The molecule has 0 amide bonds. The average Bonchev–Trinajstić information content (AvgIpc) is 3.41. The number of pyridine rings is 1. The quantitative estimate of drug-likeness (QED) is 0.532. The van der Waals surface area contributed by atoms with Crippen LogP contribution in [0.2, 0.25) is 0 Å². The molecular formula is C22H25F3N4S. The maximum atomic E-state index is 13.0. The number of hydrogen-bond donors (Lipinski definition) is 1. The van der Waals surface area contributed by atoms with Gasteiger partial charge in [0.15, 0.2) is 5.69 Å². The van der Waals surface area contributed by atoms with Crippen molar-refractivity contribution in [2.24, 2.45) is 0 Å². The number of nitrogens with one attached hydrogen (secondary N) is 1. The van der Waals surface area contributed by atoms with Gasteiger partial charge in [0.25, 0.3) is 0 Å². The molecule has 160 valence electrons. The van der Waals surface area contributed by atoms with Crippen LogP contribution in [0.15, 0.2) is 23.8 Å². The molecule has 30 heavy (non-hydrogen) atoms. The molecule has 3 aromatic rings. The molecule has 1 N–H and O–H groups in total. The number of H-pyrrole nitrogens is 1. The van der Waals surface area contributed by atoms with Crippen molar-refractivity contribution in [1.29, 1.82) is 0 Å². The molecule has 0 bridgehead atoms. The van der Waals surface area contributed by atoms with E-state index in [1.165, 1.54) is 50.8 Å². The fourth-order valence-electron chi connectivity index (χ4n) is 5.01. The normalized spacial score (nSPS) is 23.8. The van der Waals surface area contributed by atoms with E-state index in [0.29, 0.717) is 28.2 Å². The first-order valence-electron chi connectivity index (χ1n) is 10.7. The first-order valence-corrected chi connectivity index (χ1v) is 11.6. The summed E-state index contributed by atoms with van der Waals surface area (Å²) in [5.74, 6) is 0.465. The minimum absolute atomic E-state index is 0.376. The average molecular weight is 435 g/mol. The number of rotatable bonds is 3. The Kier molecular flexibility index (Phi) is 5.31. The summed E-state index contributed by atoms with van der Waals surface area (Å²) >= 11 is 1.02. The van der Waals surface area contributed by atoms with Crippen molar-refractivity contribution in [2.75, 3.05) is 13.1 Å². The Morgan fingerprint density at radius 3 is 2.53 bits per heavy atom. The summed E-state index contributed by atoms with van der Waals surface area (Å²) in [5.41, 5.74) is 1.74. The minimum atomic E-state index is -4.42. The zero-order valence-electron chi connectivity index (χ0n) is 16.7. The number of piperidine rings is 1. The molecule has 8 heteroatoms. The summed E-state index contributed by atoms with van der Waals surface area (Å²) in [6, 6.07) is 2.81. The Labute approximate surface area is 177 Å². The molecule has 0 atom stereocenters. The van der Waals surface area contributed by atoms with Crippen LogP contribution in [0.4, 0.5) is 13.2 Å². The molecule has 0 aromatic carbocycles. The van der Waals surface area contributed by atoms with E-state index in [0.717, 1.165) is 34.9 Å². The molecule has 0 unspecified atom stereocenters. The lowest BCUT2D eigenvalue weighted by molar-refractivity contribution is -0.140. The molecule has 1 aliphatic heterocycles. The molecular weight excluding hydrogens is 409 g/mol. The fraction of sp³-hybridized carbons (Fsp3) is 0.545. The highest BCUT2D eigenvalue weighted by molar-refractivity contribution is 7.13. The molecule has 4 heterocycles. The van der Waals surface area contributed by atoms with E-state index in [1.54, 1.807) is 6.20 Å². The topological polar surface area (TPSA) is 44.8 Å². The van der Waals surface area contributed by atoms with Crippen LogP contribution in [0.3, 0.4) is 0 Å². The van der Waals surface area contributed by atoms with Gasteiger partial charge in [-0.2, -0.15) is 13.2 Å². The van der Waals surface area contributed by atoms with Crippen molar-refractivity contribution in [2.45, 2.75) is 63.1 Å². The number of alkyl halides is 3. The van der Waals surface area contributed by atoms with Crippen LogP contribution in [0.5, 0.6) is 0 Å². The second-order valence-corrected chi connectivity index (χ2v) is 9.36. The van der Waals surface area contributed by atoms with Gasteiger partial charge in [-0.15, -0.1) is 11.3 Å². The van der Waals surface area contributed by atoms with E-state index in [-0.39, 0.29) is 0 Å². The van der Waals surface area contributed by atoms with Crippen LogP contribution in [-0.4, -0.2) is 39.0 Å². The van der Waals surface area contributed by atoms with Gasteiger partial charge < -0.3 is 9.88 Å². The first-order chi connectivity index (χ1) is 14.5. The monoisotopic (exact) mass is 434 g/mol. The Morgan fingerprint density at radius 1 is 1.07 bits per heavy atom. The molecule has 1 saturated heterocycles. The van der Waals surface area contributed by atoms with E-state index in [1.807, 2.05) is 6.20 Å². The second kappa shape index (κ2) is 7.96. The van der Waals surface area contributed by atoms with E-state index in [9.17, 15) is 13.2 Å². The zero-order valence-corrected chi connectivity index (χ0v) is 17.5. The van der Waals surface area contributed by atoms with Crippen LogP contribution in [0.25, 0.3) is 21.6 Å². The molecule has 0 spiro atoms. The maximum Gasteiger partial charge on any atom is 0.434 e. The van der Waals surface area contributed by atoms with Crippen molar-refractivity contribution in [3.8, 4) is 10.6 Å². The predicted molar refractivity (Wildman–Crippen MR) is 113 cm³/mol. The molecule has 5 rings (SSSR count). The van der Waals surface area contributed by atoms with Crippen LogP contribution in [-0.2, 0) is 6.18 Å². The number of hydrogen-bond acceptors (Lipinski definition) is 4. The summed E-state index contributed by atoms with van der Waals surface area (Å²) in [7, 11) is 0. The highest BCUT2D eigenvalue weighted by Crippen LogP contribution is 2.39. The van der Waals surface area contributed by atoms with E-state index in [4.69, 9.17) is 0 Å². The number of aromatic nitrogens is 3. The number of thiazole rings is 1. The maximum absolute atomic E-state index is 13.0. The molecule has 4 nitrogen and oxygen atoms in total. The van der Waals surface area contributed by atoms with Gasteiger partial charge in [0.1, 0.15) is 10.7 Å². The van der Waals surface area contributed by atoms with Gasteiger partial charge in [-0.25, -0.2) is 9.97 Å². The third-order valence-electron chi connectivity index (χ3n) is 6.65. The van der Waals surface area contributed by atoms with Crippen molar-refractivity contribution in [3.63, 3.8) is 0 Å². The van der Waals surface area contributed by atoms with Gasteiger partial charge >= 0.3 is 6.18 Å². The Bertz CT molecular complexity index is 1010. The van der Waals surface area contributed by atoms with Crippen LogP contribution < -0.4 is 0 Å². The minimum Gasteiger partial charge on any atom is -0.345 e. The van der Waals surface area contributed by atoms with Crippen molar-refractivity contribution >= 4 is 22.4 Å². The standard InChI is InChI=1S/C22H25F3N4S/c23-22(24,25)19-13-30-21(28-19)18-12-27-20-17(18)10-15(11-26-20)14-4-6-16(7-5-14)29-8-2-1-3-9-29/h10-14,16H,1-9H2,(H,26,27). The summed E-state index contributed by atoms with van der Waals surface area (Å²) in [5, 5.41) is 2.31. The van der Waals surface area contributed by atoms with Crippen molar-refractivity contribution in [1.82, 2.24) is 19.9 Å². The summed E-state index contributed by atoms with van der Waals surface area (Å²) in [6.45, 7) is 2.48. The predicted octanol–water partition coefficient (Wildman–Crippen LogP) is 6.22. The second-order valence-electron chi connectivity index (χ2n) is 8.50. The summed E-state index contributed by atoms with van der Waals surface area (Å²) < 4.78 is 38.9. The fourth-order valence-corrected chi connectivity index (χ4v) is 5.86. The molecule has 3 aromatic heterocycles. The molecule has 1 saturated carbocycles. The lowest BCUT2D eigenvalue weighted by Gasteiger charge is -2.39. The lowest BCUT2D eigenvalue weighted by Crippen LogP contribution is -2.41. The Balaban J connectivity index is 1.35. The number of nitrogens with zero attached hydrogens (tertiary/aromatic N) is 3. The Morgan fingerprint density at radius 2 is 1.83 bits per heavy atom. The molecule has 2 fully saturated rings. The van der Waals surface area contributed by atoms with E-state index in [2.05, 4.69) is 25.9 Å². The molecule has 2 aliphatic rings.